The van der Waals surface area contributed by atoms with Crippen LogP contribution < -0.4 is 5.32 Å². The largest absolute Gasteiger partial charge is 0.384 e. The van der Waals surface area contributed by atoms with Crippen LogP contribution in [0.1, 0.15) is 54.7 Å². The number of hydrogen-bond acceptors (Lipinski definition) is 5. The molecule has 0 radical (unpaired) electrons. The van der Waals surface area contributed by atoms with Crippen molar-refractivity contribution in [1.82, 2.24) is 15.1 Å². The molecule has 2 aromatic rings. The maximum atomic E-state index is 13.3. The van der Waals surface area contributed by atoms with E-state index >= 15 is 0 Å². The fourth-order valence-electron chi connectivity index (χ4n) is 3.69. The van der Waals surface area contributed by atoms with Crippen molar-refractivity contribution in [2.24, 2.45) is 5.41 Å². The molecule has 1 saturated heterocycles. The Balaban J connectivity index is 1.96. The normalized spacial score (nSPS) is 20.0. The smallest absolute Gasteiger partial charge is 0.255 e. The van der Waals surface area contributed by atoms with Gasteiger partial charge in [-0.15, -0.1) is 11.3 Å². The Labute approximate surface area is 180 Å². The van der Waals surface area contributed by atoms with Gasteiger partial charge in [-0.1, -0.05) is 11.6 Å². The van der Waals surface area contributed by atoms with Crippen molar-refractivity contribution in [1.29, 1.82) is 0 Å². The molecule has 1 N–H and O–H groups in total. The molecule has 1 aliphatic rings. The van der Waals surface area contributed by atoms with Gasteiger partial charge in [0, 0.05) is 24.2 Å². The Bertz CT molecular complexity index is 905. The quantitative estimate of drug-likeness (QED) is 0.713. The van der Waals surface area contributed by atoms with Gasteiger partial charge in [0.05, 0.1) is 27.5 Å². The molecule has 1 amide bonds. The number of aromatic nitrogens is 2. The Kier molecular flexibility index (Phi) is 6.51. The first kappa shape index (κ1) is 22.0. The molecule has 29 heavy (non-hydrogen) atoms. The third-order valence-corrected chi connectivity index (χ3v) is 6.81. The van der Waals surface area contributed by atoms with Crippen LogP contribution in [0, 0.1) is 5.41 Å². The summed E-state index contributed by atoms with van der Waals surface area (Å²) >= 11 is 7.58. The summed E-state index contributed by atoms with van der Waals surface area (Å²) in [5.41, 5.74) is -0.000873. The lowest BCUT2D eigenvalue weighted by molar-refractivity contribution is -0.128. The number of aryl methyl sites for hydroxylation is 2. The number of hydrogen-bond donors (Lipinski definition) is 1. The van der Waals surface area contributed by atoms with Gasteiger partial charge in [-0.05, 0) is 64.7 Å². The van der Waals surface area contributed by atoms with Gasteiger partial charge >= 0.3 is 0 Å². The molecule has 0 spiro atoms. The van der Waals surface area contributed by atoms with Crippen LogP contribution in [0.25, 0.3) is 0 Å². The van der Waals surface area contributed by atoms with Gasteiger partial charge in [0.25, 0.3) is 5.91 Å². The summed E-state index contributed by atoms with van der Waals surface area (Å²) in [6.45, 7) is 6.57. The fraction of sp³-hybridized carbons (Fsp3) is 0.571. The minimum absolute atomic E-state index is 0.0337. The zero-order valence-corrected chi connectivity index (χ0v) is 19.0. The van der Waals surface area contributed by atoms with E-state index in [1.165, 1.54) is 16.0 Å². The van der Waals surface area contributed by atoms with Crippen LogP contribution >= 0.6 is 22.9 Å². The third-order valence-electron chi connectivity index (χ3n) is 5.52. The first-order valence-corrected chi connectivity index (χ1v) is 11.0. The lowest BCUT2D eigenvalue weighted by Gasteiger charge is -2.30. The van der Waals surface area contributed by atoms with Crippen LogP contribution in [0.3, 0.4) is 0 Å². The van der Waals surface area contributed by atoms with Crippen LogP contribution in [0.15, 0.2) is 18.2 Å². The number of amides is 1. The molecule has 3 heterocycles. The number of piperidine rings is 1. The van der Waals surface area contributed by atoms with E-state index in [1.807, 2.05) is 39.0 Å². The molecule has 0 aromatic carbocycles. The lowest BCUT2D eigenvalue weighted by atomic mass is 9.79. The maximum Gasteiger partial charge on any atom is 0.255 e. The van der Waals surface area contributed by atoms with Crippen molar-refractivity contribution in [2.75, 3.05) is 20.3 Å². The van der Waals surface area contributed by atoms with Crippen molar-refractivity contribution in [3.8, 4) is 0 Å². The molecule has 0 aliphatic carbocycles. The number of thiophene rings is 1. The summed E-state index contributed by atoms with van der Waals surface area (Å²) in [7, 11) is 1.58. The number of nitrogens with zero attached hydrogens (tertiary/aromatic N) is 2. The fourth-order valence-corrected chi connectivity index (χ4v) is 4.77. The van der Waals surface area contributed by atoms with Gasteiger partial charge < -0.3 is 10.1 Å². The molecule has 1 aliphatic heterocycles. The van der Waals surface area contributed by atoms with Crippen LogP contribution in [-0.2, 0) is 27.8 Å². The Morgan fingerprint density at radius 3 is 2.79 bits per heavy atom. The number of rotatable bonds is 7. The Morgan fingerprint density at radius 1 is 1.41 bits per heavy atom. The molecular weight excluding hydrogens is 410 g/mol. The summed E-state index contributed by atoms with van der Waals surface area (Å²) < 4.78 is 7.47. The molecular formula is C21H28ClN3O3S. The van der Waals surface area contributed by atoms with E-state index < -0.39 is 10.8 Å². The predicted molar refractivity (Wildman–Crippen MR) is 115 cm³/mol. The van der Waals surface area contributed by atoms with Gasteiger partial charge in [0.15, 0.2) is 0 Å². The van der Waals surface area contributed by atoms with E-state index in [-0.39, 0.29) is 11.8 Å². The summed E-state index contributed by atoms with van der Waals surface area (Å²) in [5, 5.41) is 7.58. The zero-order chi connectivity index (χ0) is 21.2. The molecule has 1 fully saturated rings. The standard InChI is InChI=1S/C21H28ClN3O3S/c1-20(2,13-28-4)19(27)25-14(6-7-15-8-9-17(22)29-15)12-16(24-25)21(3)10-5-11-23-18(21)26/h8-9,12H,5-7,10-11,13H2,1-4H3,(H,23,26). The molecule has 1 unspecified atom stereocenters. The van der Waals surface area contributed by atoms with Crippen molar-refractivity contribution < 1.29 is 14.3 Å². The van der Waals surface area contributed by atoms with Gasteiger partial charge in [-0.2, -0.15) is 5.10 Å². The number of nitrogens with one attached hydrogen (secondary N) is 1. The zero-order valence-electron chi connectivity index (χ0n) is 17.4. The predicted octanol–water partition coefficient (Wildman–Crippen LogP) is 3.86. The number of ether oxygens (including phenoxy) is 1. The van der Waals surface area contributed by atoms with Crippen LogP contribution in [0.5, 0.6) is 0 Å². The minimum atomic E-state index is -0.727. The summed E-state index contributed by atoms with van der Waals surface area (Å²) in [6, 6.07) is 5.80. The van der Waals surface area contributed by atoms with E-state index in [1.54, 1.807) is 7.11 Å². The van der Waals surface area contributed by atoms with E-state index in [2.05, 4.69) is 10.4 Å². The SMILES string of the molecule is COCC(C)(C)C(=O)n1nc(C2(C)CCCNC2=O)cc1CCc1ccc(Cl)s1. The van der Waals surface area contributed by atoms with Gasteiger partial charge in [0.1, 0.15) is 0 Å². The van der Waals surface area contributed by atoms with Crippen LogP contribution in [0.2, 0.25) is 4.34 Å². The van der Waals surface area contributed by atoms with Crippen LogP contribution in [0.4, 0.5) is 0 Å². The Hall–Kier alpha value is -1.70. The summed E-state index contributed by atoms with van der Waals surface area (Å²) in [5.74, 6) is -0.168. The molecule has 8 heteroatoms. The second-order valence-corrected chi connectivity index (χ2v) is 10.3. The first-order valence-electron chi connectivity index (χ1n) is 9.83. The van der Waals surface area contributed by atoms with E-state index in [0.717, 1.165) is 27.7 Å². The average molecular weight is 438 g/mol. The lowest BCUT2D eigenvalue weighted by Crippen LogP contribution is -2.47. The highest BCUT2D eigenvalue weighted by atomic mass is 35.5. The average Bonchev–Trinajstić information content (AvgIpc) is 3.28. The third kappa shape index (κ3) is 4.57. The topological polar surface area (TPSA) is 73.2 Å². The first-order chi connectivity index (χ1) is 13.7. The summed E-state index contributed by atoms with van der Waals surface area (Å²) in [6.07, 6.45) is 2.99. The van der Waals surface area contributed by atoms with Crippen LogP contribution in [-0.4, -0.2) is 41.9 Å². The number of halogens is 1. The molecule has 0 bridgehead atoms. The van der Waals surface area contributed by atoms with E-state index in [0.29, 0.717) is 31.7 Å². The van der Waals surface area contributed by atoms with Crippen molar-refractivity contribution in [3.63, 3.8) is 0 Å². The molecule has 2 aromatic heterocycles. The van der Waals surface area contributed by atoms with Gasteiger partial charge in [-0.3, -0.25) is 9.59 Å². The summed E-state index contributed by atoms with van der Waals surface area (Å²) in [4.78, 5) is 27.0. The molecule has 158 valence electrons. The van der Waals surface area contributed by atoms with Crippen molar-refractivity contribution in [3.05, 3.63) is 38.8 Å². The molecule has 3 rings (SSSR count). The number of carbonyl (C=O) groups excluding carboxylic acids is 2. The minimum Gasteiger partial charge on any atom is -0.384 e. The van der Waals surface area contributed by atoms with E-state index in [4.69, 9.17) is 16.3 Å². The maximum absolute atomic E-state index is 13.3. The Morgan fingerprint density at radius 2 is 2.17 bits per heavy atom. The monoisotopic (exact) mass is 437 g/mol. The van der Waals surface area contributed by atoms with Gasteiger partial charge in [-0.25, -0.2) is 4.68 Å². The molecule has 6 nitrogen and oxygen atoms in total. The highest BCUT2D eigenvalue weighted by Crippen LogP contribution is 2.33. The second kappa shape index (κ2) is 8.58. The number of methoxy groups -OCH3 is 1. The second-order valence-electron chi connectivity index (χ2n) is 8.45. The number of carbonyl (C=O) groups is 2. The van der Waals surface area contributed by atoms with Gasteiger partial charge in [0.2, 0.25) is 5.91 Å². The highest BCUT2D eigenvalue weighted by Gasteiger charge is 2.41. The van der Waals surface area contributed by atoms with E-state index in [9.17, 15) is 9.59 Å². The molecule has 0 saturated carbocycles. The van der Waals surface area contributed by atoms with Crippen molar-refractivity contribution >= 4 is 34.8 Å². The highest BCUT2D eigenvalue weighted by molar-refractivity contribution is 7.16. The van der Waals surface area contributed by atoms with Crippen molar-refractivity contribution in [2.45, 2.75) is 51.9 Å². The molecule has 1 atom stereocenters.